The number of benzene rings is 2. The van der Waals surface area contributed by atoms with Crippen molar-refractivity contribution in [2.45, 2.75) is 43.5 Å². The monoisotopic (exact) mass is 384 g/mol. The lowest BCUT2D eigenvalue weighted by atomic mass is 10.0. The Labute approximate surface area is 160 Å². The number of sulfonamides is 1. The Kier molecular flexibility index (Phi) is 5.77. The van der Waals surface area contributed by atoms with Crippen molar-refractivity contribution < 1.29 is 13.2 Å². The van der Waals surface area contributed by atoms with Crippen molar-refractivity contribution in [2.75, 3.05) is 5.32 Å². The normalized spacial score (nSPS) is 14.6. The van der Waals surface area contributed by atoms with Crippen molar-refractivity contribution in [3.63, 3.8) is 0 Å². The number of amides is 1. The van der Waals surface area contributed by atoms with E-state index in [-0.39, 0.29) is 16.8 Å². The van der Waals surface area contributed by atoms with Gasteiger partial charge in [-0.15, -0.1) is 0 Å². The molecule has 2 aromatic rings. The number of carbonyl (C=O) groups excluding carboxylic acids is 1. The number of hydrogen-bond donors (Lipinski definition) is 2. The Bertz CT molecular complexity index is 944. The molecule has 0 aliphatic heterocycles. The molecule has 0 heterocycles. The van der Waals surface area contributed by atoms with E-state index in [1.807, 2.05) is 24.3 Å². The van der Waals surface area contributed by atoms with Crippen molar-refractivity contribution in [3.8, 4) is 0 Å². The Morgan fingerprint density at radius 1 is 1.11 bits per heavy atom. The van der Waals surface area contributed by atoms with Gasteiger partial charge in [0.25, 0.3) is 0 Å². The van der Waals surface area contributed by atoms with Crippen molar-refractivity contribution in [2.24, 2.45) is 0 Å². The topological polar surface area (TPSA) is 75.3 Å². The molecule has 27 heavy (non-hydrogen) atoms. The second-order valence-corrected chi connectivity index (χ2v) is 8.78. The van der Waals surface area contributed by atoms with E-state index in [2.05, 4.69) is 23.9 Å². The average Bonchev–Trinajstić information content (AvgIpc) is 3.44. The molecule has 1 aliphatic rings. The van der Waals surface area contributed by atoms with E-state index in [0.717, 1.165) is 29.7 Å². The molecule has 2 N–H and O–H groups in total. The molecule has 2 aromatic carbocycles. The van der Waals surface area contributed by atoms with Gasteiger partial charge in [0, 0.05) is 17.8 Å². The van der Waals surface area contributed by atoms with Crippen LogP contribution in [0, 0.1) is 0 Å². The third kappa shape index (κ3) is 5.52. The summed E-state index contributed by atoms with van der Waals surface area (Å²) < 4.78 is 26.9. The minimum absolute atomic E-state index is 0.0764. The molecule has 0 aromatic heterocycles. The van der Waals surface area contributed by atoms with Crippen LogP contribution < -0.4 is 10.0 Å². The highest BCUT2D eigenvalue weighted by Crippen LogP contribution is 2.22. The molecule has 6 heteroatoms. The van der Waals surface area contributed by atoms with Crippen LogP contribution in [0.25, 0.3) is 6.08 Å². The molecule has 0 atom stereocenters. The van der Waals surface area contributed by atoms with E-state index in [1.54, 1.807) is 30.3 Å². The standard InChI is InChI=1S/C21H24N2O3S/c1-15(2)17-4-3-5-19(14-17)22-21(24)13-8-16-6-11-20(12-7-16)27(25,26)23-18-9-10-18/h3-8,11-15,18,23H,9-10H2,1-2H3,(H,22,24)/b13-8+. The first-order chi connectivity index (χ1) is 12.8. The quantitative estimate of drug-likeness (QED) is 0.711. The van der Waals surface area contributed by atoms with Gasteiger partial charge in [-0.25, -0.2) is 13.1 Å². The van der Waals surface area contributed by atoms with Crippen molar-refractivity contribution >= 4 is 27.7 Å². The summed E-state index contributed by atoms with van der Waals surface area (Å²) in [7, 11) is -3.45. The van der Waals surface area contributed by atoms with E-state index >= 15 is 0 Å². The maximum atomic E-state index is 12.1. The number of carbonyl (C=O) groups is 1. The zero-order valence-corrected chi connectivity index (χ0v) is 16.3. The van der Waals surface area contributed by atoms with Gasteiger partial charge in [-0.1, -0.05) is 38.1 Å². The summed E-state index contributed by atoms with van der Waals surface area (Å²) in [4.78, 5) is 12.4. The van der Waals surface area contributed by atoms with Gasteiger partial charge in [0.15, 0.2) is 0 Å². The predicted molar refractivity (Wildman–Crippen MR) is 108 cm³/mol. The molecule has 0 unspecified atom stereocenters. The first-order valence-electron chi connectivity index (χ1n) is 9.05. The highest BCUT2D eigenvalue weighted by atomic mass is 32.2. The second-order valence-electron chi connectivity index (χ2n) is 7.07. The fourth-order valence-corrected chi connectivity index (χ4v) is 3.88. The van der Waals surface area contributed by atoms with Crippen LogP contribution in [0.5, 0.6) is 0 Å². The van der Waals surface area contributed by atoms with Crippen LogP contribution in [-0.4, -0.2) is 20.4 Å². The molecular weight excluding hydrogens is 360 g/mol. The lowest BCUT2D eigenvalue weighted by Crippen LogP contribution is -2.25. The van der Waals surface area contributed by atoms with Crippen LogP contribution in [0.1, 0.15) is 43.7 Å². The van der Waals surface area contributed by atoms with Crippen LogP contribution in [0.15, 0.2) is 59.5 Å². The first kappa shape index (κ1) is 19.3. The Morgan fingerprint density at radius 3 is 2.44 bits per heavy atom. The third-order valence-electron chi connectivity index (χ3n) is 4.34. The molecule has 0 bridgehead atoms. The first-order valence-corrected chi connectivity index (χ1v) is 10.5. The summed E-state index contributed by atoms with van der Waals surface area (Å²) in [6.45, 7) is 4.20. The predicted octanol–water partition coefficient (Wildman–Crippen LogP) is 3.90. The highest BCUT2D eigenvalue weighted by Gasteiger charge is 2.27. The summed E-state index contributed by atoms with van der Waals surface area (Å²) in [6, 6.07) is 14.3. The van der Waals surface area contributed by atoms with Crippen LogP contribution in [0.3, 0.4) is 0 Å². The van der Waals surface area contributed by atoms with Gasteiger partial charge >= 0.3 is 0 Å². The minimum Gasteiger partial charge on any atom is -0.323 e. The molecular formula is C21H24N2O3S. The Morgan fingerprint density at radius 2 is 1.81 bits per heavy atom. The van der Waals surface area contributed by atoms with Gasteiger partial charge in [0.2, 0.25) is 15.9 Å². The molecule has 0 radical (unpaired) electrons. The maximum absolute atomic E-state index is 12.1. The molecule has 1 saturated carbocycles. The van der Waals surface area contributed by atoms with E-state index in [9.17, 15) is 13.2 Å². The lowest BCUT2D eigenvalue weighted by Gasteiger charge is -2.08. The van der Waals surface area contributed by atoms with Gasteiger partial charge in [0.05, 0.1) is 4.90 Å². The number of nitrogens with one attached hydrogen (secondary N) is 2. The van der Waals surface area contributed by atoms with Crippen LogP contribution in [-0.2, 0) is 14.8 Å². The van der Waals surface area contributed by atoms with E-state index in [1.165, 1.54) is 6.08 Å². The summed E-state index contributed by atoms with van der Waals surface area (Å²) in [5.41, 5.74) is 2.67. The van der Waals surface area contributed by atoms with Crippen molar-refractivity contribution in [1.82, 2.24) is 4.72 Å². The van der Waals surface area contributed by atoms with Crippen LogP contribution in [0.2, 0.25) is 0 Å². The minimum atomic E-state index is -3.45. The molecule has 1 aliphatic carbocycles. The Hall–Kier alpha value is -2.44. The summed E-state index contributed by atoms with van der Waals surface area (Å²) in [6.07, 6.45) is 4.89. The molecule has 0 spiro atoms. The number of rotatable bonds is 7. The van der Waals surface area contributed by atoms with Crippen molar-refractivity contribution in [1.29, 1.82) is 0 Å². The van der Waals surface area contributed by atoms with Crippen LogP contribution in [0.4, 0.5) is 5.69 Å². The molecule has 142 valence electrons. The average molecular weight is 385 g/mol. The van der Waals surface area contributed by atoms with Gasteiger partial charge in [0.1, 0.15) is 0 Å². The highest BCUT2D eigenvalue weighted by molar-refractivity contribution is 7.89. The van der Waals surface area contributed by atoms with Gasteiger partial charge in [-0.2, -0.15) is 0 Å². The third-order valence-corrected chi connectivity index (χ3v) is 5.87. The summed E-state index contributed by atoms with van der Waals surface area (Å²) >= 11 is 0. The van der Waals surface area contributed by atoms with E-state index < -0.39 is 10.0 Å². The fraction of sp³-hybridized carbons (Fsp3) is 0.286. The number of anilines is 1. The largest absolute Gasteiger partial charge is 0.323 e. The van der Waals surface area contributed by atoms with Crippen molar-refractivity contribution in [3.05, 3.63) is 65.7 Å². The van der Waals surface area contributed by atoms with E-state index in [0.29, 0.717) is 5.92 Å². The lowest BCUT2D eigenvalue weighted by molar-refractivity contribution is -0.111. The molecule has 3 rings (SSSR count). The zero-order valence-electron chi connectivity index (χ0n) is 15.5. The molecule has 1 amide bonds. The van der Waals surface area contributed by atoms with Gasteiger partial charge in [-0.3, -0.25) is 4.79 Å². The zero-order chi connectivity index (χ0) is 19.4. The molecule has 5 nitrogen and oxygen atoms in total. The summed E-state index contributed by atoms with van der Waals surface area (Å²) in [5, 5.41) is 2.84. The fourth-order valence-electron chi connectivity index (χ4n) is 2.58. The molecule has 0 saturated heterocycles. The second kappa shape index (κ2) is 8.06. The number of hydrogen-bond acceptors (Lipinski definition) is 3. The van der Waals surface area contributed by atoms with Gasteiger partial charge < -0.3 is 5.32 Å². The maximum Gasteiger partial charge on any atom is 0.248 e. The summed E-state index contributed by atoms with van der Waals surface area (Å²) in [5.74, 6) is 0.157. The smallest absolute Gasteiger partial charge is 0.248 e. The molecule has 1 fully saturated rings. The van der Waals surface area contributed by atoms with E-state index in [4.69, 9.17) is 0 Å². The SMILES string of the molecule is CC(C)c1cccc(NC(=O)/C=C/c2ccc(S(=O)(=O)NC3CC3)cc2)c1. The Balaban J connectivity index is 1.61. The van der Waals surface area contributed by atoms with Crippen LogP contribution >= 0.6 is 0 Å². The van der Waals surface area contributed by atoms with Gasteiger partial charge in [-0.05, 0) is 60.2 Å².